The molecule has 0 amide bonds. The highest BCUT2D eigenvalue weighted by atomic mass is 16.3. The predicted octanol–water partition coefficient (Wildman–Crippen LogP) is 0.818. The molecule has 0 radical (unpaired) electrons. The van der Waals surface area contributed by atoms with Crippen LogP contribution in [0.3, 0.4) is 0 Å². The Kier molecular flexibility index (Phi) is 2.72. The smallest absolute Gasteiger partial charge is 0.258 e. The van der Waals surface area contributed by atoms with E-state index in [2.05, 4.69) is 19.9 Å². The van der Waals surface area contributed by atoms with Crippen LogP contribution >= 0.6 is 0 Å². The molecule has 0 atom stereocenters. The van der Waals surface area contributed by atoms with Crippen molar-refractivity contribution in [1.82, 2.24) is 19.9 Å². The fraction of sp³-hybridized carbons (Fsp3) is 0.300. The van der Waals surface area contributed by atoms with E-state index >= 15 is 0 Å². The Bertz CT molecular complexity index is 530. The van der Waals surface area contributed by atoms with Crippen molar-refractivity contribution in [3.05, 3.63) is 28.3 Å². The molecular weight excluding hydrogens is 208 g/mol. The summed E-state index contributed by atoms with van der Waals surface area (Å²) in [5, 5.41) is 9.63. The van der Waals surface area contributed by atoms with Crippen molar-refractivity contribution in [3.8, 4) is 17.5 Å². The van der Waals surface area contributed by atoms with Gasteiger partial charge in [-0.3, -0.25) is 4.79 Å². The maximum absolute atomic E-state index is 11.6. The van der Waals surface area contributed by atoms with E-state index in [0.29, 0.717) is 17.8 Å². The van der Waals surface area contributed by atoms with Crippen molar-refractivity contribution in [2.75, 3.05) is 0 Å². The average Bonchev–Trinajstić information content (AvgIpc) is 2.76. The lowest BCUT2D eigenvalue weighted by molar-refractivity contribution is 0.443. The molecule has 0 saturated carbocycles. The van der Waals surface area contributed by atoms with E-state index in [1.165, 1.54) is 0 Å². The summed E-state index contributed by atoms with van der Waals surface area (Å²) in [6.45, 7) is 1.93. The van der Waals surface area contributed by atoms with Gasteiger partial charge in [0, 0.05) is 12.4 Å². The molecule has 16 heavy (non-hydrogen) atoms. The SMILES string of the molecule is CCCc1c(O)nc(-c2ncc[nH]2)[nH]c1=O. The Labute approximate surface area is 91.4 Å². The lowest BCUT2D eigenvalue weighted by Gasteiger charge is -2.02. The number of nitrogens with zero attached hydrogens (tertiary/aromatic N) is 2. The normalized spacial score (nSPS) is 10.6. The van der Waals surface area contributed by atoms with Gasteiger partial charge in [-0.1, -0.05) is 13.3 Å². The molecule has 0 bridgehead atoms. The molecule has 2 aromatic heterocycles. The molecule has 0 saturated heterocycles. The van der Waals surface area contributed by atoms with E-state index in [9.17, 15) is 9.90 Å². The Morgan fingerprint density at radius 2 is 2.25 bits per heavy atom. The zero-order valence-electron chi connectivity index (χ0n) is 8.82. The van der Waals surface area contributed by atoms with Gasteiger partial charge in [0.25, 0.3) is 5.56 Å². The number of aromatic nitrogens is 4. The van der Waals surface area contributed by atoms with Crippen LogP contribution in [0.25, 0.3) is 11.6 Å². The molecule has 2 heterocycles. The quantitative estimate of drug-likeness (QED) is 0.713. The molecule has 84 valence electrons. The Balaban J connectivity index is 2.49. The lowest BCUT2D eigenvalue weighted by Crippen LogP contribution is -2.15. The van der Waals surface area contributed by atoms with Gasteiger partial charge in [-0.05, 0) is 6.42 Å². The number of H-pyrrole nitrogens is 2. The van der Waals surface area contributed by atoms with Gasteiger partial charge in [-0.2, -0.15) is 4.98 Å². The van der Waals surface area contributed by atoms with Gasteiger partial charge in [0.2, 0.25) is 5.88 Å². The number of nitrogens with one attached hydrogen (secondary N) is 2. The van der Waals surface area contributed by atoms with E-state index in [-0.39, 0.29) is 17.3 Å². The molecule has 0 aliphatic rings. The van der Waals surface area contributed by atoms with E-state index in [4.69, 9.17) is 0 Å². The van der Waals surface area contributed by atoms with Crippen LogP contribution in [0.1, 0.15) is 18.9 Å². The summed E-state index contributed by atoms with van der Waals surface area (Å²) in [6, 6.07) is 0. The summed E-state index contributed by atoms with van der Waals surface area (Å²) >= 11 is 0. The zero-order valence-corrected chi connectivity index (χ0v) is 8.82. The average molecular weight is 220 g/mol. The summed E-state index contributed by atoms with van der Waals surface area (Å²) in [5.74, 6) is 0.444. The van der Waals surface area contributed by atoms with Crippen LogP contribution in [0.2, 0.25) is 0 Å². The molecule has 6 heteroatoms. The van der Waals surface area contributed by atoms with Crippen molar-refractivity contribution < 1.29 is 5.11 Å². The molecule has 0 fully saturated rings. The van der Waals surface area contributed by atoms with Gasteiger partial charge in [-0.15, -0.1) is 0 Å². The van der Waals surface area contributed by atoms with Gasteiger partial charge < -0.3 is 15.1 Å². The van der Waals surface area contributed by atoms with Crippen molar-refractivity contribution in [1.29, 1.82) is 0 Å². The minimum absolute atomic E-state index is 0.225. The molecule has 0 aliphatic heterocycles. The number of imidazole rings is 1. The van der Waals surface area contributed by atoms with Crippen LogP contribution in [0.4, 0.5) is 0 Å². The fourth-order valence-electron chi connectivity index (χ4n) is 1.47. The highest BCUT2D eigenvalue weighted by molar-refractivity contribution is 5.44. The van der Waals surface area contributed by atoms with E-state index in [1.807, 2.05) is 6.92 Å². The van der Waals surface area contributed by atoms with Gasteiger partial charge >= 0.3 is 0 Å². The van der Waals surface area contributed by atoms with Crippen LogP contribution in [0.5, 0.6) is 5.88 Å². The monoisotopic (exact) mass is 220 g/mol. The highest BCUT2D eigenvalue weighted by Gasteiger charge is 2.11. The van der Waals surface area contributed by atoms with Crippen LogP contribution in [0, 0.1) is 0 Å². The molecular formula is C10H12N4O2. The minimum atomic E-state index is -0.319. The first-order valence-corrected chi connectivity index (χ1v) is 5.04. The van der Waals surface area contributed by atoms with Crippen molar-refractivity contribution in [2.24, 2.45) is 0 Å². The first-order chi connectivity index (χ1) is 7.72. The number of hydrogen-bond donors (Lipinski definition) is 3. The Hall–Kier alpha value is -2.11. The molecule has 0 aliphatic carbocycles. The standard InChI is InChI=1S/C10H12N4O2/c1-2-3-6-9(15)13-8(14-10(6)16)7-11-4-5-12-7/h4-5H,2-3H2,1H3,(H,11,12)(H2,13,14,15,16). The summed E-state index contributed by atoms with van der Waals surface area (Å²) in [6.07, 6.45) is 4.45. The first-order valence-electron chi connectivity index (χ1n) is 5.04. The molecule has 0 aromatic carbocycles. The molecule has 0 spiro atoms. The van der Waals surface area contributed by atoms with Gasteiger partial charge in [0.05, 0.1) is 5.56 Å². The van der Waals surface area contributed by atoms with Crippen LogP contribution in [0.15, 0.2) is 17.2 Å². The Morgan fingerprint density at radius 3 is 2.81 bits per heavy atom. The Morgan fingerprint density at radius 1 is 1.44 bits per heavy atom. The number of rotatable bonds is 3. The van der Waals surface area contributed by atoms with Crippen molar-refractivity contribution >= 4 is 0 Å². The van der Waals surface area contributed by atoms with Gasteiger partial charge in [-0.25, -0.2) is 4.98 Å². The zero-order chi connectivity index (χ0) is 11.5. The van der Waals surface area contributed by atoms with E-state index in [1.54, 1.807) is 12.4 Å². The summed E-state index contributed by atoms with van der Waals surface area (Å²) < 4.78 is 0. The number of aromatic amines is 2. The third-order valence-electron chi connectivity index (χ3n) is 2.22. The number of hydrogen-bond acceptors (Lipinski definition) is 4. The third kappa shape index (κ3) is 1.81. The van der Waals surface area contributed by atoms with Crippen LogP contribution < -0.4 is 5.56 Å². The van der Waals surface area contributed by atoms with Gasteiger partial charge in [0.15, 0.2) is 11.6 Å². The molecule has 0 unspecified atom stereocenters. The maximum atomic E-state index is 11.6. The van der Waals surface area contributed by atoms with Crippen LogP contribution in [-0.2, 0) is 6.42 Å². The van der Waals surface area contributed by atoms with Crippen molar-refractivity contribution in [2.45, 2.75) is 19.8 Å². The van der Waals surface area contributed by atoms with Crippen molar-refractivity contribution in [3.63, 3.8) is 0 Å². The minimum Gasteiger partial charge on any atom is -0.493 e. The van der Waals surface area contributed by atoms with Crippen LogP contribution in [-0.4, -0.2) is 25.0 Å². The lowest BCUT2D eigenvalue weighted by atomic mass is 10.2. The largest absolute Gasteiger partial charge is 0.493 e. The summed E-state index contributed by atoms with van der Waals surface area (Å²) in [7, 11) is 0. The second-order valence-electron chi connectivity index (χ2n) is 3.40. The summed E-state index contributed by atoms with van der Waals surface area (Å²) in [5.41, 5.74) is -0.00134. The highest BCUT2D eigenvalue weighted by Crippen LogP contribution is 2.14. The molecule has 2 rings (SSSR count). The second-order valence-corrected chi connectivity index (χ2v) is 3.40. The second kappa shape index (κ2) is 4.18. The summed E-state index contributed by atoms with van der Waals surface area (Å²) in [4.78, 5) is 24.9. The maximum Gasteiger partial charge on any atom is 0.258 e. The first kappa shape index (κ1) is 10.4. The number of aromatic hydroxyl groups is 1. The van der Waals surface area contributed by atoms with E-state index in [0.717, 1.165) is 6.42 Å². The molecule has 3 N–H and O–H groups in total. The van der Waals surface area contributed by atoms with E-state index < -0.39 is 0 Å². The third-order valence-corrected chi connectivity index (χ3v) is 2.22. The molecule has 6 nitrogen and oxygen atoms in total. The fourth-order valence-corrected chi connectivity index (χ4v) is 1.47. The molecule has 2 aromatic rings. The van der Waals surface area contributed by atoms with Gasteiger partial charge in [0.1, 0.15) is 0 Å². The topological polar surface area (TPSA) is 94.7 Å². The predicted molar refractivity (Wildman–Crippen MR) is 58.1 cm³/mol.